The van der Waals surface area contributed by atoms with E-state index in [9.17, 15) is 0 Å². The summed E-state index contributed by atoms with van der Waals surface area (Å²) in [6.45, 7) is 4.50. The average molecular weight is 249 g/mol. The molecular weight excluding hydrogens is 222 g/mol. The highest BCUT2D eigenvalue weighted by Crippen LogP contribution is 2.25. The molecule has 2 nitrogen and oxygen atoms in total. The van der Waals surface area contributed by atoms with Gasteiger partial charge in [-0.2, -0.15) is 0 Å². The summed E-state index contributed by atoms with van der Waals surface area (Å²) < 4.78 is 5.37. The Morgan fingerprint density at radius 3 is 2.56 bits per heavy atom. The predicted molar refractivity (Wildman–Crippen MR) is 79.5 cm³/mol. The van der Waals surface area contributed by atoms with Crippen LogP contribution >= 0.6 is 0 Å². The van der Waals surface area contributed by atoms with E-state index in [0.717, 1.165) is 17.9 Å². The topological polar surface area (TPSA) is 21.3 Å². The molecule has 2 heteroatoms. The van der Waals surface area contributed by atoms with Crippen molar-refractivity contribution in [2.45, 2.75) is 58.4 Å². The van der Waals surface area contributed by atoms with Crippen LogP contribution in [-0.2, 0) is 0 Å². The van der Waals surface area contributed by atoms with E-state index in [0.29, 0.717) is 6.04 Å². The third-order valence-electron chi connectivity index (χ3n) is 3.37. The van der Waals surface area contributed by atoms with E-state index < -0.39 is 0 Å². The summed E-state index contributed by atoms with van der Waals surface area (Å²) in [5.74, 6) is 0.935. The first-order valence-corrected chi connectivity index (χ1v) is 7.21. The second-order valence-electron chi connectivity index (χ2n) is 4.80. The number of para-hydroxylation sites is 2. The lowest BCUT2D eigenvalue weighted by molar-refractivity contribution is 0.415. The van der Waals surface area contributed by atoms with Crippen molar-refractivity contribution in [2.75, 3.05) is 12.4 Å². The van der Waals surface area contributed by atoms with E-state index >= 15 is 0 Å². The highest BCUT2D eigenvalue weighted by Gasteiger charge is 2.08. The monoisotopic (exact) mass is 249 g/mol. The first kappa shape index (κ1) is 14.9. The first-order valence-electron chi connectivity index (χ1n) is 7.21. The van der Waals surface area contributed by atoms with Gasteiger partial charge in [0.1, 0.15) is 5.75 Å². The van der Waals surface area contributed by atoms with Gasteiger partial charge in [0.15, 0.2) is 0 Å². The molecule has 1 atom stereocenters. The number of ether oxygens (including phenoxy) is 1. The van der Waals surface area contributed by atoms with Crippen LogP contribution in [0.5, 0.6) is 5.75 Å². The Balaban J connectivity index is 2.46. The minimum absolute atomic E-state index is 0.554. The molecule has 0 aromatic heterocycles. The SMILES string of the molecule is CCCCCC[C@H](CC)Nc1ccccc1OC. The number of hydrogen-bond donors (Lipinski definition) is 1. The van der Waals surface area contributed by atoms with Gasteiger partial charge in [0.25, 0.3) is 0 Å². The number of benzene rings is 1. The third-order valence-corrected chi connectivity index (χ3v) is 3.37. The van der Waals surface area contributed by atoms with Crippen LogP contribution in [0.4, 0.5) is 5.69 Å². The predicted octanol–water partition coefficient (Wildman–Crippen LogP) is 4.86. The van der Waals surface area contributed by atoms with Gasteiger partial charge < -0.3 is 10.1 Å². The Hall–Kier alpha value is -1.18. The maximum atomic E-state index is 5.37. The molecule has 1 N–H and O–H groups in total. The highest BCUT2D eigenvalue weighted by molar-refractivity contribution is 5.56. The second-order valence-corrected chi connectivity index (χ2v) is 4.80. The van der Waals surface area contributed by atoms with E-state index in [1.807, 2.05) is 12.1 Å². The molecule has 0 saturated heterocycles. The Bertz CT molecular complexity index is 325. The molecule has 1 aromatic carbocycles. The van der Waals surface area contributed by atoms with Crippen molar-refractivity contribution >= 4 is 5.69 Å². The van der Waals surface area contributed by atoms with Crippen molar-refractivity contribution in [1.82, 2.24) is 0 Å². The molecule has 0 unspecified atom stereocenters. The number of unbranched alkanes of at least 4 members (excludes halogenated alkanes) is 3. The van der Waals surface area contributed by atoms with E-state index in [2.05, 4.69) is 31.3 Å². The van der Waals surface area contributed by atoms with Gasteiger partial charge in [0, 0.05) is 6.04 Å². The zero-order chi connectivity index (χ0) is 13.2. The van der Waals surface area contributed by atoms with Crippen molar-refractivity contribution in [1.29, 1.82) is 0 Å². The minimum atomic E-state index is 0.554. The molecule has 0 bridgehead atoms. The van der Waals surface area contributed by atoms with Crippen LogP contribution in [0.3, 0.4) is 0 Å². The smallest absolute Gasteiger partial charge is 0.141 e. The third kappa shape index (κ3) is 4.99. The number of methoxy groups -OCH3 is 1. The van der Waals surface area contributed by atoms with Crippen LogP contribution in [0.15, 0.2) is 24.3 Å². The number of rotatable bonds is 9. The molecule has 1 aromatic rings. The Morgan fingerprint density at radius 2 is 1.89 bits per heavy atom. The molecule has 0 fully saturated rings. The van der Waals surface area contributed by atoms with Crippen molar-refractivity contribution in [3.63, 3.8) is 0 Å². The summed E-state index contributed by atoms with van der Waals surface area (Å²) in [6, 6.07) is 8.71. The number of hydrogen-bond acceptors (Lipinski definition) is 2. The van der Waals surface area contributed by atoms with Crippen molar-refractivity contribution in [3.8, 4) is 5.75 Å². The fourth-order valence-electron chi connectivity index (χ4n) is 2.18. The van der Waals surface area contributed by atoms with Gasteiger partial charge in [0.2, 0.25) is 0 Å². The molecule has 0 spiro atoms. The molecule has 102 valence electrons. The Morgan fingerprint density at radius 1 is 1.11 bits per heavy atom. The van der Waals surface area contributed by atoms with Crippen LogP contribution in [0.1, 0.15) is 52.4 Å². The van der Waals surface area contributed by atoms with Crippen LogP contribution < -0.4 is 10.1 Å². The van der Waals surface area contributed by atoms with Gasteiger partial charge in [-0.05, 0) is 25.0 Å². The molecule has 0 amide bonds. The fraction of sp³-hybridized carbons (Fsp3) is 0.625. The second kappa shape index (κ2) is 8.84. The normalized spacial score (nSPS) is 12.2. The summed E-state index contributed by atoms with van der Waals surface area (Å²) in [4.78, 5) is 0. The average Bonchev–Trinajstić information content (AvgIpc) is 2.42. The van der Waals surface area contributed by atoms with E-state index in [4.69, 9.17) is 4.74 Å². The molecule has 1 rings (SSSR count). The standard InChI is InChI=1S/C16H27NO/c1-4-6-7-8-11-14(5-2)17-15-12-9-10-13-16(15)18-3/h9-10,12-14,17H,4-8,11H2,1-3H3/t14-/m0/s1. The highest BCUT2D eigenvalue weighted by atomic mass is 16.5. The molecular formula is C16H27NO. The molecule has 0 aliphatic heterocycles. The van der Waals surface area contributed by atoms with Gasteiger partial charge in [-0.15, -0.1) is 0 Å². The van der Waals surface area contributed by atoms with Crippen LogP contribution in [-0.4, -0.2) is 13.2 Å². The quantitative estimate of drug-likeness (QED) is 0.631. The van der Waals surface area contributed by atoms with Gasteiger partial charge >= 0.3 is 0 Å². The van der Waals surface area contributed by atoms with Gasteiger partial charge in [-0.3, -0.25) is 0 Å². The minimum Gasteiger partial charge on any atom is -0.495 e. The lowest BCUT2D eigenvalue weighted by Gasteiger charge is -2.20. The molecule has 0 aliphatic rings. The van der Waals surface area contributed by atoms with Crippen molar-refractivity contribution < 1.29 is 4.74 Å². The number of anilines is 1. The lowest BCUT2D eigenvalue weighted by Crippen LogP contribution is -2.18. The van der Waals surface area contributed by atoms with Gasteiger partial charge in [-0.25, -0.2) is 0 Å². The zero-order valence-corrected chi connectivity index (χ0v) is 12.0. The summed E-state index contributed by atoms with van der Waals surface area (Å²) in [5.41, 5.74) is 1.11. The first-order chi connectivity index (χ1) is 8.81. The molecule has 0 radical (unpaired) electrons. The molecule has 0 heterocycles. The number of nitrogens with one attached hydrogen (secondary N) is 1. The van der Waals surface area contributed by atoms with Crippen molar-refractivity contribution in [2.24, 2.45) is 0 Å². The van der Waals surface area contributed by atoms with E-state index in [-0.39, 0.29) is 0 Å². The largest absolute Gasteiger partial charge is 0.495 e. The molecule has 0 aliphatic carbocycles. The van der Waals surface area contributed by atoms with E-state index in [1.165, 1.54) is 32.1 Å². The molecule has 18 heavy (non-hydrogen) atoms. The maximum Gasteiger partial charge on any atom is 0.141 e. The maximum absolute atomic E-state index is 5.37. The van der Waals surface area contributed by atoms with Gasteiger partial charge in [0.05, 0.1) is 12.8 Å². The van der Waals surface area contributed by atoms with Crippen LogP contribution in [0.2, 0.25) is 0 Å². The Labute approximate surface area is 112 Å². The molecule has 0 saturated carbocycles. The van der Waals surface area contributed by atoms with Crippen molar-refractivity contribution in [3.05, 3.63) is 24.3 Å². The summed E-state index contributed by atoms with van der Waals surface area (Å²) in [6.07, 6.45) is 7.72. The lowest BCUT2D eigenvalue weighted by atomic mass is 10.0. The van der Waals surface area contributed by atoms with Crippen LogP contribution in [0.25, 0.3) is 0 Å². The summed E-state index contributed by atoms with van der Waals surface area (Å²) in [7, 11) is 1.72. The zero-order valence-electron chi connectivity index (χ0n) is 12.0. The Kier molecular flexibility index (Phi) is 7.31. The summed E-state index contributed by atoms with van der Waals surface area (Å²) >= 11 is 0. The fourth-order valence-corrected chi connectivity index (χ4v) is 2.18. The van der Waals surface area contributed by atoms with Gasteiger partial charge in [-0.1, -0.05) is 51.7 Å². The van der Waals surface area contributed by atoms with Crippen LogP contribution in [0, 0.1) is 0 Å². The summed E-state index contributed by atoms with van der Waals surface area (Å²) in [5, 5.41) is 3.60. The van der Waals surface area contributed by atoms with E-state index in [1.54, 1.807) is 7.11 Å².